The smallest absolute Gasteiger partial charge is 0.399 e. The van der Waals surface area contributed by atoms with E-state index in [4.69, 9.17) is 5.73 Å². The van der Waals surface area contributed by atoms with E-state index in [1.54, 1.807) is 20.0 Å². The van der Waals surface area contributed by atoms with Crippen LogP contribution in [0.15, 0.2) is 47.5 Å². The van der Waals surface area contributed by atoms with Gasteiger partial charge in [-0.3, -0.25) is 34.0 Å². The maximum absolute atomic E-state index is 15.4. The molecule has 14 nitrogen and oxygen atoms in total. The van der Waals surface area contributed by atoms with Crippen LogP contribution in [0.25, 0.3) is 11.0 Å². The molecule has 2 aromatic heterocycles. The van der Waals surface area contributed by atoms with E-state index < -0.39 is 29.7 Å². The number of fused-ring (bicyclic) bond motifs is 2. The molecule has 1 unspecified atom stereocenters. The van der Waals surface area contributed by atoms with Crippen LogP contribution in [-0.2, 0) is 29.4 Å². The fourth-order valence-electron chi connectivity index (χ4n) is 9.42. The van der Waals surface area contributed by atoms with Crippen LogP contribution in [0.1, 0.15) is 96.4 Å². The van der Waals surface area contributed by atoms with E-state index in [0.717, 1.165) is 89.1 Å². The van der Waals surface area contributed by atoms with Crippen molar-refractivity contribution < 1.29 is 31.9 Å². The lowest BCUT2D eigenvalue weighted by Crippen LogP contribution is -2.52. The predicted octanol–water partition coefficient (Wildman–Crippen LogP) is 5.17. The maximum atomic E-state index is 15.4. The number of carbonyl (C=O) groups excluding carboxylic acids is 3. The van der Waals surface area contributed by atoms with Crippen LogP contribution < -0.4 is 26.8 Å². The number of likely N-dealkylation sites (tertiary alicyclic amines) is 1. The van der Waals surface area contributed by atoms with Crippen molar-refractivity contribution in [1.82, 2.24) is 34.6 Å². The van der Waals surface area contributed by atoms with Crippen molar-refractivity contribution in [3.8, 4) is 0 Å². The summed E-state index contributed by atoms with van der Waals surface area (Å²) in [7, 11) is 1.65. The lowest BCUT2D eigenvalue weighted by Gasteiger charge is -2.36. The molecule has 3 fully saturated rings. The number of rotatable bonds is 12. The number of aromatic nitrogens is 3. The molecule has 6 heterocycles. The van der Waals surface area contributed by atoms with Gasteiger partial charge in [-0.05, 0) is 118 Å². The van der Waals surface area contributed by atoms with Crippen molar-refractivity contribution in [3.05, 3.63) is 86.7 Å². The monoisotopic (exact) mass is 860 g/mol. The standard InChI is InChI=1S/C44H52F4N10O4/c1-26(28-18-30(44(46,47)48)21-31(49)19-28)52-39-34-23-37(43(62)54(2)40(34)51-25-50-39)57-16-14-56(15-17-57)11-5-3-4-10-55-12-8-27(9-13-55)32-20-29-24-58(42(61)33(29)22-35(32)45)36-6-7-38(59)53-41(36)60/h18-23,25-27,36H,3-17,24,49H2,1-2H3,(H,50,51,52)(H,53,59,60)/t26-,36?/m1/s1. The Morgan fingerprint density at radius 1 is 0.887 bits per heavy atom. The lowest BCUT2D eigenvalue weighted by molar-refractivity contribution is -0.138. The number of carbonyl (C=O) groups is 3. The number of nitrogens with two attached hydrogens (primary N) is 1. The van der Waals surface area contributed by atoms with Crippen LogP contribution in [0.2, 0.25) is 0 Å². The highest BCUT2D eigenvalue weighted by Crippen LogP contribution is 2.37. The third-order valence-corrected chi connectivity index (χ3v) is 13.0. The molecule has 0 spiro atoms. The number of amides is 3. The molecule has 4 aromatic rings. The number of nitrogens with one attached hydrogen (secondary N) is 2. The highest BCUT2D eigenvalue weighted by Gasteiger charge is 2.40. The molecule has 4 aliphatic rings. The quantitative estimate of drug-likeness (QED) is 0.0746. The molecule has 330 valence electrons. The van der Waals surface area contributed by atoms with E-state index in [0.29, 0.717) is 52.3 Å². The van der Waals surface area contributed by atoms with Crippen molar-refractivity contribution in [2.45, 2.75) is 82.6 Å². The zero-order valence-corrected chi connectivity index (χ0v) is 34.9. The molecular weight excluding hydrogens is 809 g/mol. The Balaban J connectivity index is 0.788. The van der Waals surface area contributed by atoms with Gasteiger partial charge in [0, 0.05) is 57.4 Å². The highest BCUT2D eigenvalue weighted by atomic mass is 19.4. The number of alkyl halides is 3. The van der Waals surface area contributed by atoms with Gasteiger partial charge in [0.25, 0.3) is 11.5 Å². The summed E-state index contributed by atoms with van der Waals surface area (Å²) in [5.74, 6) is -1.12. The lowest BCUT2D eigenvalue weighted by atomic mass is 9.87. The molecule has 2 aromatic carbocycles. The van der Waals surface area contributed by atoms with Gasteiger partial charge < -0.3 is 25.8 Å². The van der Waals surface area contributed by atoms with Crippen molar-refractivity contribution in [3.63, 3.8) is 0 Å². The third-order valence-electron chi connectivity index (χ3n) is 13.0. The molecule has 18 heteroatoms. The van der Waals surface area contributed by atoms with Gasteiger partial charge in [-0.2, -0.15) is 13.2 Å². The highest BCUT2D eigenvalue weighted by molar-refractivity contribution is 6.05. The molecule has 8 rings (SSSR count). The number of hydrogen-bond donors (Lipinski definition) is 3. The Morgan fingerprint density at radius 2 is 1.60 bits per heavy atom. The van der Waals surface area contributed by atoms with E-state index in [1.165, 1.54) is 27.9 Å². The fourth-order valence-corrected chi connectivity index (χ4v) is 9.42. The summed E-state index contributed by atoms with van der Waals surface area (Å²) < 4.78 is 57.4. The molecule has 3 amide bonds. The minimum atomic E-state index is -4.54. The summed E-state index contributed by atoms with van der Waals surface area (Å²) in [6, 6.07) is 7.07. The summed E-state index contributed by atoms with van der Waals surface area (Å²) in [4.78, 5) is 67.8. The van der Waals surface area contributed by atoms with Gasteiger partial charge in [0.15, 0.2) is 0 Å². The molecule has 0 bridgehead atoms. The van der Waals surface area contributed by atoms with Gasteiger partial charge in [0.2, 0.25) is 11.8 Å². The predicted molar refractivity (Wildman–Crippen MR) is 226 cm³/mol. The summed E-state index contributed by atoms with van der Waals surface area (Å²) in [6.07, 6.45) is 2.04. The second kappa shape index (κ2) is 17.6. The molecule has 0 aliphatic carbocycles. The number of piperazine rings is 1. The Labute approximate surface area is 356 Å². The van der Waals surface area contributed by atoms with Crippen molar-refractivity contribution >= 4 is 45.9 Å². The van der Waals surface area contributed by atoms with E-state index in [-0.39, 0.29) is 54.2 Å². The molecule has 0 radical (unpaired) electrons. The van der Waals surface area contributed by atoms with E-state index in [9.17, 15) is 32.3 Å². The zero-order valence-electron chi connectivity index (χ0n) is 34.9. The first kappa shape index (κ1) is 43.0. The van der Waals surface area contributed by atoms with Gasteiger partial charge >= 0.3 is 6.18 Å². The topological polar surface area (TPSA) is 162 Å². The first-order valence-electron chi connectivity index (χ1n) is 21.4. The fraction of sp³-hybridized carbons (Fsp3) is 0.500. The molecule has 4 N–H and O–H groups in total. The molecule has 3 saturated heterocycles. The molecule has 2 atom stereocenters. The molecule has 4 aliphatic heterocycles. The first-order valence-corrected chi connectivity index (χ1v) is 21.4. The second-order valence-corrected chi connectivity index (χ2v) is 17.0. The minimum Gasteiger partial charge on any atom is -0.399 e. The minimum absolute atomic E-state index is 0.00537. The van der Waals surface area contributed by atoms with Crippen LogP contribution in [0.4, 0.5) is 34.8 Å². The number of nitrogen functional groups attached to an aromatic ring is 1. The van der Waals surface area contributed by atoms with Gasteiger partial charge in [0.05, 0.1) is 17.0 Å². The number of nitrogens with zero attached hydrogens (tertiary/aromatic N) is 7. The summed E-state index contributed by atoms with van der Waals surface area (Å²) in [5, 5.41) is 6.10. The van der Waals surface area contributed by atoms with Crippen LogP contribution in [0.3, 0.4) is 0 Å². The SMILES string of the molecule is C[C@@H](Nc1ncnc2c1cc(N1CCN(CCCCCN3CCC(c4cc5c(cc4F)C(=O)N(C4CCC(=O)NC4=O)C5)CC3)CC1)c(=O)n2C)c1cc(N)cc(C(F)(F)F)c1. The van der Waals surface area contributed by atoms with Crippen molar-refractivity contribution in [1.29, 1.82) is 0 Å². The van der Waals surface area contributed by atoms with Crippen molar-refractivity contribution in [2.24, 2.45) is 7.05 Å². The average molecular weight is 861 g/mol. The number of benzene rings is 2. The Hall–Kier alpha value is -5.62. The van der Waals surface area contributed by atoms with Crippen LogP contribution in [0.5, 0.6) is 0 Å². The van der Waals surface area contributed by atoms with Gasteiger partial charge in [-0.25, -0.2) is 14.4 Å². The van der Waals surface area contributed by atoms with Crippen LogP contribution in [-0.4, -0.2) is 105 Å². The van der Waals surface area contributed by atoms with Crippen LogP contribution in [0, 0.1) is 5.82 Å². The number of piperidine rings is 2. The number of anilines is 3. The van der Waals surface area contributed by atoms with Crippen LogP contribution >= 0.6 is 0 Å². The molecular formula is C44H52F4N10O4. The van der Waals surface area contributed by atoms with Gasteiger partial charge in [0.1, 0.15) is 35.3 Å². The summed E-state index contributed by atoms with van der Waals surface area (Å²) in [6.45, 7) is 8.52. The van der Waals surface area contributed by atoms with Crippen molar-refractivity contribution in [2.75, 3.05) is 68.3 Å². The number of pyridine rings is 1. The van der Waals surface area contributed by atoms with Gasteiger partial charge in [-0.1, -0.05) is 12.5 Å². The zero-order chi connectivity index (χ0) is 43.9. The third kappa shape index (κ3) is 8.98. The summed E-state index contributed by atoms with van der Waals surface area (Å²) in [5.41, 5.74) is 7.74. The largest absolute Gasteiger partial charge is 0.416 e. The Morgan fingerprint density at radius 3 is 2.29 bits per heavy atom. The average Bonchev–Trinajstić information content (AvgIpc) is 3.55. The normalized spacial score (nSPS) is 19.9. The number of imide groups is 1. The number of unbranched alkanes of at least 4 members (excludes halogenated alkanes) is 2. The first-order chi connectivity index (χ1) is 29.6. The number of hydrogen-bond acceptors (Lipinski definition) is 11. The molecule has 0 saturated carbocycles. The Bertz CT molecular complexity index is 2430. The summed E-state index contributed by atoms with van der Waals surface area (Å²) >= 11 is 0. The number of aryl methyl sites for hydroxylation is 1. The second-order valence-electron chi connectivity index (χ2n) is 17.0. The Kier molecular flexibility index (Phi) is 12.2. The van der Waals surface area contributed by atoms with E-state index in [1.807, 2.05) is 6.07 Å². The van der Waals surface area contributed by atoms with E-state index in [2.05, 4.69) is 35.3 Å². The van der Waals surface area contributed by atoms with E-state index >= 15 is 4.39 Å². The van der Waals surface area contributed by atoms with Gasteiger partial charge in [-0.15, -0.1) is 0 Å². The molecule has 62 heavy (non-hydrogen) atoms. The maximum Gasteiger partial charge on any atom is 0.416 e. The number of halogens is 4.